The standard InChI is InChI=1S/C18H24N2O3/c1-3-9-23-17-6-4-5-15-16(7-8-19-18(15)17)20-11-14(22-2)10-13(20)12-21/h4-8,13-14,21H,3,9-12H2,1-2H3/t13-,14+/m0/s1. The first-order valence-corrected chi connectivity index (χ1v) is 8.19. The molecule has 1 aliphatic heterocycles. The largest absolute Gasteiger partial charge is 0.491 e. The molecule has 5 nitrogen and oxygen atoms in total. The van der Waals surface area contributed by atoms with Gasteiger partial charge in [-0.15, -0.1) is 0 Å². The third-order valence-electron chi connectivity index (χ3n) is 4.40. The lowest BCUT2D eigenvalue weighted by Gasteiger charge is -2.26. The maximum absolute atomic E-state index is 9.72. The second-order valence-electron chi connectivity index (χ2n) is 5.91. The predicted octanol–water partition coefficient (Wildman–Crippen LogP) is 2.61. The molecule has 0 bridgehead atoms. The van der Waals surface area contributed by atoms with Crippen LogP contribution in [0.15, 0.2) is 30.5 Å². The van der Waals surface area contributed by atoms with E-state index in [4.69, 9.17) is 9.47 Å². The summed E-state index contributed by atoms with van der Waals surface area (Å²) in [5, 5.41) is 10.8. The molecule has 5 heteroatoms. The van der Waals surface area contributed by atoms with Gasteiger partial charge in [0, 0.05) is 30.9 Å². The van der Waals surface area contributed by atoms with Gasteiger partial charge in [-0.3, -0.25) is 4.98 Å². The van der Waals surface area contributed by atoms with Crippen LogP contribution in [0.1, 0.15) is 19.8 Å². The van der Waals surface area contributed by atoms with Gasteiger partial charge in [0.1, 0.15) is 11.3 Å². The SMILES string of the molecule is CCCOc1cccc2c(N3C[C@H](OC)C[C@H]3CO)ccnc12. The van der Waals surface area contributed by atoms with Crippen LogP contribution in [0.5, 0.6) is 5.75 Å². The Morgan fingerprint density at radius 1 is 1.35 bits per heavy atom. The summed E-state index contributed by atoms with van der Waals surface area (Å²) in [4.78, 5) is 6.73. The smallest absolute Gasteiger partial charge is 0.145 e. The molecule has 23 heavy (non-hydrogen) atoms. The van der Waals surface area contributed by atoms with E-state index < -0.39 is 0 Å². The molecule has 1 fully saturated rings. The lowest BCUT2D eigenvalue weighted by Crippen LogP contribution is -2.32. The molecule has 0 aliphatic carbocycles. The van der Waals surface area contributed by atoms with Gasteiger partial charge in [0.15, 0.2) is 0 Å². The van der Waals surface area contributed by atoms with Crippen molar-refractivity contribution in [2.45, 2.75) is 31.9 Å². The van der Waals surface area contributed by atoms with Crippen molar-refractivity contribution in [3.8, 4) is 5.75 Å². The molecule has 1 aromatic carbocycles. The summed E-state index contributed by atoms with van der Waals surface area (Å²) in [6.07, 6.45) is 3.76. The van der Waals surface area contributed by atoms with E-state index in [2.05, 4.69) is 22.9 Å². The number of ether oxygens (including phenoxy) is 2. The summed E-state index contributed by atoms with van der Waals surface area (Å²) < 4.78 is 11.3. The van der Waals surface area contributed by atoms with E-state index in [1.807, 2.05) is 24.4 Å². The summed E-state index contributed by atoms with van der Waals surface area (Å²) in [7, 11) is 1.73. The number of para-hydroxylation sites is 1. The van der Waals surface area contributed by atoms with Crippen molar-refractivity contribution in [1.29, 1.82) is 0 Å². The first-order chi connectivity index (χ1) is 11.3. The monoisotopic (exact) mass is 316 g/mol. The van der Waals surface area contributed by atoms with Crippen LogP contribution in [0.3, 0.4) is 0 Å². The number of hydrogen-bond acceptors (Lipinski definition) is 5. The first-order valence-electron chi connectivity index (χ1n) is 8.19. The quantitative estimate of drug-likeness (QED) is 0.888. The number of aromatic nitrogens is 1. The Hall–Kier alpha value is -1.85. The molecule has 2 atom stereocenters. The number of anilines is 1. The number of pyridine rings is 1. The highest BCUT2D eigenvalue weighted by atomic mass is 16.5. The number of rotatable bonds is 6. The van der Waals surface area contributed by atoms with Crippen molar-refractivity contribution < 1.29 is 14.6 Å². The lowest BCUT2D eigenvalue weighted by molar-refractivity contribution is 0.115. The predicted molar refractivity (Wildman–Crippen MR) is 91.2 cm³/mol. The van der Waals surface area contributed by atoms with Crippen LogP contribution in [-0.4, -0.2) is 49.1 Å². The molecule has 0 spiro atoms. The molecule has 1 aromatic heterocycles. The number of aliphatic hydroxyl groups is 1. The van der Waals surface area contributed by atoms with Crippen LogP contribution < -0.4 is 9.64 Å². The van der Waals surface area contributed by atoms with E-state index in [0.29, 0.717) is 6.61 Å². The number of nitrogens with zero attached hydrogens (tertiary/aromatic N) is 2. The lowest BCUT2D eigenvalue weighted by atomic mass is 10.1. The summed E-state index contributed by atoms with van der Waals surface area (Å²) in [5.74, 6) is 0.814. The van der Waals surface area contributed by atoms with Gasteiger partial charge in [-0.1, -0.05) is 19.1 Å². The third-order valence-corrected chi connectivity index (χ3v) is 4.40. The molecular formula is C18H24N2O3. The minimum absolute atomic E-state index is 0.0748. The average Bonchev–Trinajstić information content (AvgIpc) is 3.02. The highest BCUT2D eigenvalue weighted by molar-refractivity contribution is 5.95. The number of fused-ring (bicyclic) bond motifs is 1. The Labute approximate surface area is 136 Å². The second kappa shape index (κ2) is 7.15. The van der Waals surface area contributed by atoms with E-state index >= 15 is 0 Å². The first kappa shape index (κ1) is 16.0. The molecule has 2 aromatic rings. The van der Waals surface area contributed by atoms with Crippen molar-refractivity contribution >= 4 is 16.6 Å². The number of methoxy groups -OCH3 is 1. The Kier molecular flexibility index (Phi) is 4.98. The van der Waals surface area contributed by atoms with Crippen molar-refractivity contribution in [3.05, 3.63) is 30.5 Å². The molecule has 0 radical (unpaired) electrons. The van der Waals surface area contributed by atoms with Gasteiger partial charge in [-0.05, 0) is 25.0 Å². The van der Waals surface area contributed by atoms with E-state index in [1.165, 1.54) is 0 Å². The van der Waals surface area contributed by atoms with Gasteiger partial charge < -0.3 is 19.5 Å². The van der Waals surface area contributed by atoms with Crippen molar-refractivity contribution in [2.75, 3.05) is 31.8 Å². The maximum atomic E-state index is 9.72. The number of aliphatic hydroxyl groups excluding tert-OH is 1. The molecule has 1 saturated heterocycles. The Morgan fingerprint density at radius 3 is 2.96 bits per heavy atom. The minimum Gasteiger partial charge on any atom is -0.491 e. The normalized spacial score (nSPS) is 21.1. The molecule has 0 saturated carbocycles. The van der Waals surface area contributed by atoms with Crippen molar-refractivity contribution in [2.24, 2.45) is 0 Å². The highest BCUT2D eigenvalue weighted by Crippen LogP contribution is 2.35. The molecule has 0 unspecified atom stereocenters. The Balaban J connectivity index is 2.01. The number of benzene rings is 1. The Bertz CT molecular complexity index is 662. The van der Waals surface area contributed by atoms with E-state index in [1.54, 1.807) is 7.11 Å². The molecule has 124 valence electrons. The third kappa shape index (κ3) is 3.12. The van der Waals surface area contributed by atoms with E-state index in [0.717, 1.165) is 41.7 Å². The van der Waals surface area contributed by atoms with Crippen LogP contribution in [0, 0.1) is 0 Å². The second-order valence-corrected chi connectivity index (χ2v) is 5.91. The van der Waals surface area contributed by atoms with E-state index in [9.17, 15) is 5.11 Å². The topological polar surface area (TPSA) is 54.8 Å². The van der Waals surface area contributed by atoms with Crippen molar-refractivity contribution in [3.63, 3.8) is 0 Å². The molecule has 1 N–H and O–H groups in total. The van der Waals surface area contributed by atoms with Crippen LogP contribution >= 0.6 is 0 Å². The maximum Gasteiger partial charge on any atom is 0.145 e. The molecule has 2 heterocycles. The van der Waals surface area contributed by atoms with Gasteiger partial charge in [0.2, 0.25) is 0 Å². The van der Waals surface area contributed by atoms with Gasteiger partial charge >= 0.3 is 0 Å². The summed E-state index contributed by atoms with van der Waals surface area (Å²) >= 11 is 0. The van der Waals surface area contributed by atoms with Crippen LogP contribution in [0.25, 0.3) is 10.9 Å². The average molecular weight is 316 g/mol. The molecule has 0 amide bonds. The van der Waals surface area contributed by atoms with Crippen molar-refractivity contribution in [1.82, 2.24) is 4.98 Å². The zero-order valence-corrected chi connectivity index (χ0v) is 13.7. The fourth-order valence-corrected chi connectivity index (χ4v) is 3.23. The molecule has 3 rings (SSSR count). The zero-order valence-electron chi connectivity index (χ0n) is 13.7. The van der Waals surface area contributed by atoms with Crippen LogP contribution in [0.4, 0.5) is 5.69 Å². The van der Waals surface area contributed by atoms with Crippen LogP contribution in [0.2, 0.25) is 0 Å². The Morgan fingerprint density at radius 2 is 2.22 bits per heavy atom. The van der Waals surface area contributed by atoms with E-state index in [-0.39, 0.29) is 18.8 Å². The fourth-order valence-electron chi connectivity index (χ4n) is 3.23. The van der Waals surface area contributed by atoms with Gasteiger partial charge in [-0.2, -0.15) is 0 Å². The zero-order chi connectivity index (χ0) is 16.2. The van der Waals surface area contributed by atoms with Gasteiger partial charge in [-0.25, -0.2) is 0 Å². The molecule has 1 aliphatic rings. The van der Waals surface area contributed by atoms with Gasteiger partial charge in [0.05, 0.1) is 25.4 Å². The van der Waals surface area contributed by atoms with Gasteiger partial charge in [0.25, 0.3) is 0 Å². The molecular weight excluding hydrogens is 292 g/mol. The summed E-state index contributed by atoms with van der Waals surface area (Å²) in [5.41, 5.74) is 1.95. The summed E-state index contributed by atoms with van der Waals surface area (Å²) in [6, 6.07) is 8.10. The minimum atomic E-state index is 0.0748. The fraction of sp³-hybridized carbons (Fsp3) is 0.500. The number of hydrogen-bond donors (Lipinski definition) is 1. The summed E-state index contributed by atoms with van der Waals surface area (Å²) in [6.45, 7) is 3.67. The van der Waals surface area contributed by atoms with Crippen LogP contribution in [-0.2, 0) is 4.74 Å². The highest BCUT2D eigenvalue weighted by Gasteiger charge is 2.32.